The summed E-state index contributed by atoms with van der Waals surface area (Å²) in [5.41, 5.74) is 1.09. The molecule has 1 unspecified atom stereocenters. The topological polar surface area (TPSA) is 39.7 Å². The summed E-state index contributed by atoms with van der Waals surface area (Å²) in [4.78, 5) is 0. The number of rotatable bonds is 7. The predicted molar refractivity (Wildman–Crippen MR) is 79.9 cm³/mol. The van der Waals surface area contributed by atoms with Crippen LogP contribution in [0.3, 0.4) is 0 Å². The highest BCUT2D eigenvalue weighted by atomic mass is 35.5. The molecular weight excluding hydrogens is 278 g/mol. The van der Waals surface area contributed by atoms with E-state index in [9.17, 15) is 0 Å². The van der Waals surface area contributed by atoms with Gasteiger partial charge in [0, 0.05) is 13.0 Å². The zero-order chi connectivity index (χ0) is 14.4. The molecule has 2 rings (SSSR count). The van der Waals surface area contributed by atoms with E-state index < -0.39 is 0 Å². The highest BCUT2D eigenvalue weighted by molar-refractivity contribution is 6.32. The average molecular weight is 300 g/mol. The van der Waals surface area contributed by atoms with E-state index in [4.69, 9.17) is 25.8 Å². The molecule has 4 nitrogen and oxygen atoms in total. The lowest BCUT2D eigenvalue weighted by Gasteiger charge is -2.17. The first-order valence-electron chi connectivity index (χ1n) is 7.06. The zero-order valence-electron chi connectivity index (χ0n) is 12.1. The number of hydrogen-bond acceptors (Lipinski definition) is 4. The molecule has 0 saturated carbocycles. The Balaban J connectivity index is 2.10. The Kier molecular flexibility index (Phi) is 5.95. The van der Waals surface area contributed by atoms with E-state index in [-0.39, 0.29) is 6.10 Å². The van der Waals surface area contributed by atoms with Crippen molar-refractivity contribution in [2.45, 2.75) is 32.4 Å². The lowest BCUT2D eigenvalue weighted by atomic mass is 10.2. The third-order valence-corrected chi connectivity index (χ3v) is 3.50. The van der Waals surface area contributed by atoms with Crippen LogP contribution >= 0.6 is 11.6 Å². The highest BCUT2D eigenvalue weighted by Crippen LogP contribution is 2.37. The summed E-state index contributed by atoms with van der Waals surface area (Å²) in [5, 5.41) is 3.93. The highest BCUT2D eigenvalue weighted by Gasteiger charge is 2.21. The van der Waals surface area contributed by atoms with Gasteiger partial charge in [0.25, 0.3) is 0 Å². The van der Waals surface area contributed by atoms with Crippen LogP contribution in [-0.2, 0) is 11.3 Å². The van der Waals surface area contributed by atoms with Crippen LogP contribution in [0.25, 0.3) is 0 Å². The van der Waals surface area contributed by atoms with Crippen molar-refractivity contribution < 1.29 is 14.2 Å². The Morgan fingerprint density at radius 3 is 2.95 bits per heavy atom. The molecule has 1 heterocycles. The summed E-state index contributed by atoms with van der Waals surface area (Å²) in [7, 11) is 1.63. The van der Waals surface area contributed by atoms with E-state index in [0.717, 1.165) is 38.1 Å². The largest absolute Gasteiger partial charge is 0.493 e. The third-order valence-electron chi connectivity index (χ3n) is 3.22. The average Bonchev–Trinajstić information content (AvgIpc) is 2.94. The number of hydrogen-bond donors (Lipinski definition) is 1. The fourth-order valence-corrected chi connectivity index (χ4v) is 2.45. The molecule has 112 valence electrons. The maximum atomic E-state index is 6.33. The molecular formula is C15H22ClNO3. The SMILES string of the molecule is CCCNCc1cc(Cl)c(OC2CCOC2)c(OC)c1. The van der Waals surface area contributed by atoms with Gasteiger partial charge in [-0.05, 0) is 30.7 Å². The minimum absolute atomic E-state index is 0.0606. The van der Waals surface area contributed by atoms with Gasteiger partial charge in [-0.25, -0.2) is 0 Å². The van der Waals surface area contributed by atoms with Crippen LogP contribution in [0.2, 0.25) is 5.02 Å². The van der Waals surface area contributed by atoms with E-state index in [2.05, 4.69) is 12.2 Å². The first kappa shape index (κ1) is 15.4. The maximum Gasteiger partial charge on any atom is 0.180 e. The van der Waals surface area contributed by atoms with E-state index in [1.165, 1.54) is 0 Å². The van der Waals surface area contributed by atoms with Gasteiger partial charge < -0.3 is 19.5 Å². The van der Waals surface area contributed by atoms with Crippen molar-refractivity contribution >= 4 is 11.6 Å². The van der Waals surface area contributed by atoms with Crippen molar-refractivity contribution in [1.82, 2.24) is 5.32 Å². The van der Waals surface area contributed by atoms with Crippen molar-refractivity contribution in [3.8, 4) is 11.5 Å². The molecule has 1 aromatic rings. The third kappa shape index (κ3) is 4.01. The summed E-state index contributed by atoms with van der Waals surface area (Å²) in [6.45, 7) is 5.25. The molecule has 5 heteroatoms. The van der Waals surface area contributed by atoms with Crippen molar-refractivity contribution in [2.75, 3.05) is 26.9 Å². The molecule has 0 spiro atoms. The molecule has 1 N–H and O–H groups in total. The second-order valence-electron chi connectivity index (χ2n) is 4.89. The Labute approximate surface area is 125 Å². The summed E-state index contributed by atoms with van der Waals surface area (Å²) < 4.78 is 16.6. The first-order chi connectivity index (χ1) is 9.74. The Morgan fingerprint density at radius 1 is 1.45 bits per heavy atom. The van der Waals surface area contributed by atoms with Gasteiger partial charge in [0.1, 0.15) is 6.10 Å². The smallest absolute Gasteiger partial charge is 0.180 e. The van der Waals surface area contributed by atoms with Gasteiger partial charge >= 0.3 is 0 Å². The summed E-state index contributed by atoms with van der Waals surface area (Å²) in [6.07, 6.45) is 2.05. The normalized spacial score (nSPS) is 18.2. The van der Waals surface area contributed by atoms with Gasteiger partial charge in [-0.2, -0.15) is 0 Å². The molecule has 20 heavy (non-hydrogen) atoms. The van der Waals surface area contributed by atoms with Crippen LogP contribution in [-0.4, -0.2) is 33.0 Å². The standard InChI is InChI=1S/C15H22ClNO3/c1-3-5-17-9-11-7-13(16)15(14(8-11)18-2)20-12-4-6-19-10-12/h7-8,12,17H,3-6,9-10H2,1-2H3. The molecule has 1 fully saturated rings. The number of methoxy groups -OCH3 is 1. The molecule has 1 aromatic carbocycles. The Morgan fingerprint density at radius 2 is 2.30 bits per heavy atom. The summed E-state index contributed by atoms with van der Waals surface area (Å²) >= 11 is 6.33. The second kappa shape index (κ2) is 7.72. The predicted octanol–water partition coefficient (Wildman–Crippen LogP) is 3.02. The molecule has 1 saturated heterocycles. The van der Waals surface area contributed by atoms with Crippen LogP contribution < -0.4 is 14.8 Å². The molecule has 1 aliphatic heterocycles. The van der Waals surface area contributed by atoms with Crippen molar-refractivity contribution in [1.29, 1.82) is 0 Å². The van der Waals surface area contributed by atoms with Gasteiger partial charge in [0.2, 0.25) is 0 Å². The van der Waals surface area contributed by atoms with E-state index >= 15 is 0 Å². The number of ether oxygens (including phenoxy) is 3. The van der Waals surface area contributed by atoms with Crippen LogP contribution in [0.1, 0.15) is 25.3 Å². The second-order valence-corrected chi connectivity index (χ2v) is 5.30. The molecule has 0 aromatic heterocycles. The molecule has 1 atom stereocenters. The molecule has 0 radical (unpaired) electrons. The van der Waals surface area contributed by atoms with Crippen LogP contribution in [0.4, 0.5) is 0 Å². The zero-order valence-corrected chi connectivity index (χ0v) is 12.8. The monoisotopic (exact) mass is 299 g/mol. The molecule has 0 aliphatic carbocycles. The van der Waals surface area contributed by atoms with Crippen molar-refractivity contribution in [3.63, 3.8) is 0 Å². The van der Waals surface area contributed by atoms with Gasteiger partial charge in [-0.15, -0.1) is 0 Å². The molecule has 1 aliphatic rings. The quantitative estimate of drug-likeness (QED) is 0.786. The summed E-state index contributed by atoms with van der Waals surface area (Å²) in [6, 6.07) is 3.90. The molecule has 0 amide bonds. The Hall–Kier alpha value is -0.970. The van der Waals surface area contributed by atoms with E-state index in [0.29, 0.717) is 23.1 Å². The fraction of sp³-hybridized carbons (Fsp3) is 0.600. The van der Waals surface area contributed by atoms with Crippen molar-refractivity contribution in [3.05, 3.63) is 22.7 Å². The van der Waals surface area contributed by atoms with Gasteiger partial charge in [0.15, 0.2) is 11.5 Å². The number of nitrogens with one attached hydrogen (secondary N) is 1. The van der Waals surface area contributed by atoms with Crippen LogP contribution in [0.5, 0.6) is 11.5 Å². The van der Waals surface area contributed by atoms with Gasteiger partial charge in [-0.1, -0.05) is 18.5 Å². The van der Waals surface area contributed by atoms with Crippen molar-refractivity contribution in [2.24, 2.45) is 0 Å². The fourth-order valence-electron chi connectivity index (χ4n) is 2.17. The van der Waals surface area contributed by atoms with Crippen LogP contribution in [0.15, 0.2) is 12.1 Å². The number of halogens is 1. The van der Waals surface area contributed by atoms with E-state index in [1.54, 1.807) is 7.11 Å². The lowest BCUT2D eigenvalue weighted by Crippen LogP contribution is -2.17. The van der Waals surface area contributed by atoms with Gasteiger partial charge in [0.05, 0.1) is 25.3 Å². The molecule has 0 bridgehead atoms. The van der Waals surface area contributed by atoms with Gasteiger partial charge in [-0.3, -0.25) is 0 Å². The van der Waals surface area contributed by atoms with Crippen LogP contribution in [0, 0.1) is 0 Å². The van der Waals surface area contributed by atoms with E-state index in [1.807, 2.05) is 12.1 Å². The summed E-state index contributed by atoms with van der Waals surface area (Å²) in [5.74, 6) is 1.29. The lowest BCUT2D eigenvalue weighted by molar-refractivity contribution is 0.138. The minimum Gasteiger partial charge on any atom is -0.493 e. The minimum atomic E-state index is 0.0606. The number of benzene rings is 1. The maximum absolute atomic E-state index is 6.33. The Bertz CT molecular complexity index is 433. The first-order valence-corrected chi connectivity index (χ1v) is 7.44.